The van der Waals surface area contributed by atoms with Crippen molar-refractivity contribution in [2.24, 2.45) is 0 Å². The first-order chi connectivity index (χ1) is 15.7. The lowest BCUT2D eigenvalue weighted by atomic mass is 10.2. The van der Waals surface area contributed by atoms with Crippen molar-refractivity contribution in [3.63, 3.8) is 0 Å². The van der Waals surface area contributed by atoms with Crippen molar-refractivity contribution < 1.29 is 17.9 Å². The topological polar surface area (TPSA) is 93.0 Å². The van der Waals surface area contributed by atoms with E-state index >= 15 is 0 Å². The summed E-state index contributed by atoms with van der Waals surface area (Å²) in [6.07, 6.45) is -2.67. The van der Waals surface area contributed by atoms with Crippen LogP contribution in [0.5, 0.6) is 0 Å². The molecule has 0 aliphatic carbocycles. The van der Waals surface area contributed by atoms with Crippen molar-refractivity contribution in [1.29, 1.82) is 0 Å². The Morgan fingerprint density at radius 3 is 2.82 bits per heavy atom. The first kappa shape index (κ1) is 23.2. The molecule has 0 bridgehead atoms. The van der Waals surface area contributed by atoms with E-state index in [9.17, 15) is 13.2 Å². The van der Waals surface area contributed by atoms with Crippen molar-refractivity contribution in [2.75, 3.05) is 43.1 Å². The van der Waals surface area contributed by atoms with Crippen LogP contribution >= 0.6 is 0 Å². The van der Waals surface area contributed by atoms with Gasteiger partial charge < -0.3 is 20.3 Å². The molecule has 3 aromatic rings. The molecule has 1 fully saturated rings. The van der Waals surface area contributed by atoms with E-state index in [-0.39, 0.29) is 13.2 Å². The lowest BCUT2D eigenvalue weighted by Gasteiger charge is -2.32. The zero-order valence-corrected chi connectivity index (χ0v) is 18.8. The van der Waals surface area contributed by atoms with E-state index in [1.54, 1.807) is 10.9 Å². The van der Waals surface area contributed by atoms with Crippen LogP contribution in [0.4, 0.5) is 30.8 Å². The van der Waals surface area contributed by atoms with Gasteiger partial charge in [0.15, 0.2) is 5.82 Å². The Balaban J connectivity index is 1.70. The average Bonchev–Trinajstić information content (AvgIpc) is 3.06. The Labute approximate surface area is 189 Å². The van der Waals surface area contributed by atoms with Crippen LogP contribution in [0.3, 0.4) is 0 Å². The van der Waals surface area contributed by atoms with Gasteiger partial charge in [-0.05, 0) is 38.5 Å². The van der Waals surface area contributed by atoms with Crippen LogP contribution in [0.25, 0.3) is 11.0 Å². The molecular formula is C21H27F3N8O. The van der Waals surface area contributed by atoms with E-state index in [1.165, 1.54) is 0 Å². The molecule has 0 radical (unpaired) electrons. The van der Waals surface area contributed by atoms with Gasteiger partial charge in [0.05, 0.1) is 18.8 Å². The van der Waals surface area contributed by atoms with E-state index in [0.29, 0.717) is 40.4 Å². The summed E-state index contributed by atoms with van der Waals surface area (Å²) < 4.78 is 43.7. The van der Waals surface area contributed by atoms with Gasteiger partial charge in [-0.25, -0.2) is 9.97 Å². The first-order valence-corrected chi connectivity index (χ1v) is 10.8. The number of ether oxygens (including phenoxy) is 1. The third-order valence-electron chi connectivity index (χ3n) is 5.27. The highest BCUT2D eigenvalue weighted by atomic mass is 19.4. The second kappa shape index (κ2) is 9.48. The smallest absolute Gasteiger partial charge is 0.370 e. The number of rotatable bonds is 7. The molecule has 4 heterocycles. The van der Waals surface area contributed by atoms with E-state index in [0.717, 1.165) is 25.2 Å². The third kappa shape index (κ3) is 5.69. The normalized spacial score (nSPS) is 17.0. The number of fused-ring (bicyclic) bond motifs is 1. The lowest BCUT2D eigenvalue weighted by Crippen LogP contribution is -2.49. The fraction of sp³-hybridized carbons (Fsp3) is 0.524. The molecule has 2 N–H and O–H groups in total. The number of nitrogens with one attached hydrogen (secondary N) is 2. The fourth-order valence-electron chi connectivity index (χ4n) is 3.79. The van der Waals surface area contributed by atoms with Crippen LogP contribution in [-0.2, 0) is 11.3 Å². The molecule has 0 unspecified atom stereocenters. The minimum absolute atomic E-state index is 0.129. The van der Waals surface area contributed by atoms with E-state index in [4.69, 9.17) is 14.7 Å². The van der Waals surface area contributed by atoms with Crippen molar-refractivity contribution >= 4 is 28.6 Å². The van der Waals surface area contributed by atoms with Gasteiger partial charge >= 0.3 is 6.18 Å². The summed E-state index contributed by atoms with van der Waals surface area (Å²) in [5.74, 6) is 1.67. The van der Waals surface area contributed by atoms with Gasteiger partial charge in [-0.15, -0.1) is 0 Å². The number of aromatic nitrogens is 5. The number of aryl methyl sites for hydroxylation is 2. The zero-order chi connectivity index (χ0) is 23.6. The van der Waals surface area contributed by atoms with Gasteiger partial charge in [0.1, 0.15) is 23.5 Å². The fourth-order valence-corrected chi connectivity index (χ4v) is 3.79. The summed E-state index contributed by atoms with van der Waals surface area (Å²) >= 11 is 0. The minimum Gasteiger partial charge on any atom is -0.370 e. The van der Waals surface area contributed by atoms with Crippen LogP contribution in [0.2, 0.25) is 0 Å². The van der Waals surface area contributed by atoms with Gasteiger partial charge in [0.2, 0.25) is 5.95 Å². The Bertz CT molecular complexity index is 1120. The molecule has 4 rings (SSSR count). The molecule has 0 aromatic carbocycles. The summed E-state index contributed by atoms with van der Waals surface area (Å²) in [6, 6.07) is 4.07. The quantitative estimate of drug-likeness (QED) is 0.516. The number of hydrogen-bond acceptors (Lipinski definition) is 8. The first-order valence-electron chi connectivity index (χ1n) is 10.8. The largest absolute Gasteiger partial charge is 0.411 e. The summed E-state index contributed by atoms with van der Waals surface area (Å²) in [7, 11) is 0. The number of alkyl halides is 3. The molecule has 0 spiro atoms. The maximum absolute atomic E-state index is 12.4. The molecule has 12 heteroatoms. The maximum Gasteiger partial charge on any atom is 0.411 e. The summed E-state index contributed by atoms with van der Waals surface area (Å²) in [4.78, 5) is 16.0. The average molecular weight is 464 g/mol. The van der Waals surface area contributed by atoms with Crippen LogP contribution in [0, 0.1) is 13.8 Å². The van der Waals surface area contributed by atoms with Crippen LogP contribution in [0.15, 0.2) is 18.3 Å². The molecule has 0 amide bonds. The zero-order valence-electron chi connectivity index (χ0n) is 18.8. The lowest BCUT2D eigenvalue weighted by molar-refractivity contribution is -0.174. The maximum atomic E-state index is 12.4. The standard InChI is InChI=1S/C21H27F3N8O/c1-13-4-5-26-16(10-13)27-19-18-17(28-20(29-19)31-7-6-25-14(2)11-31)15(3)30-32(18)8-9-33-12-21(22,23)24/h4-5,10,14,25H,6-9,11-12H2,1-3H3,(H,26,27,28,29)/t14-/m0/s1. The molecule has 1 atom stereocenters. The van der Waals surface area contributed by atoms with Gasteiger partial charge in [-0.3, -0.25) is 4.68 Å². The number of hydrogen-bond donors (Lipinski definition) is 2. The molecule has 1 aliphatic rings. The van der Waals surface area contributed by atoms with Crippen molar-refractivity contribution in [2.45, 2.75) is 39.5 Å². The number of nitrogens with zero attached hydrogens (tertiary/aromatic N) is 6. The van der Waals surface area contributed by atoms with Gasteiger partial charge in [-0.2, -0.15) is 23.3 Å². The highest BCUT2D eigenvalue weighted by Gasteiger charge is 2.27. The Hall–Kier alpha value is -2.99. The Morgan fingerprint density at radius 1 is 1.27 bits per heavy atom. The summed E-state index contributed by atoms with van der Waals surface area (Å²) in [5.41, 5.74) is 2.92. The van der Waals surface area contributed by atoms with Crippen molar-refractivity contribution in [3.8, 4) is 0 Å². The molecule has 1 aliphatic heterocycles. The Morgan fingerprint density at radius 2 is 2.09 bits per heavy atom. The predicted molar refractivity (Wildman–Crippen MR) is 119 cm³/mol. The highest BCUT2D eigenvalue weighted by molar-refractivity contribution is 5.90. The van der Waals surface area contributed by atoms with Crippen LogP contribution in [-0.4, -0.2) is 69.8 Å². The van der Waals surface area contributed by atoms with E-state index in [2.05, 4.69) is 32.5 Å². The van der Waals surface area contributed by atoms with Gasteiger partial charge in [-0.1, -0.05) is 0 Å². The van der Waals surface area contributed by atoms with Gasteiger partial charge in [0, 0.05) is 31.9 Å². The van der Waals surface area contributed by atoms with Crippen molar-refractivity contribution in [3.05, 3.63) is 29.6 Å². The number of pyridine rings is 1. The molecule has 33 heavy (non-hydrogen) atoms. The molecule has 0 saturated carbocycles. The van der Waals surface area contributed by atoms with E-state index in [1.807, 2.05) is 26.0 Å². The highest BCUT2D eigenvalue weighted by Crippen LogP contribution is 2.28. The molecule has 1 saturated heterocycles. The molecule has 9 nitrogen and oxygen atoms in total. The summed E-state index contributed by atoms with van der Waals surface area (Å²) in [6.45, 7) is 6.90. The van der Waals surface area contributed by atoms with Crippen LogP contribution < -0.4 is 15.5 Å². The monoisotopic (exact) mass is 464 g/mol. The second-order valence-corrected chi connectivity index (χ2v) is 8.19. The molecule has 3 aromatic heterocycles. The molecule has 178 valence electrons. The molecular weight excluding hydrogens is 437 g/mol. The number of anilines is 3. The number of piperazine rings is 1. The Kier molecular flexibility index (Phi) is 6.66. The predicted octanol–water partition coefficient (Wildman–Crippen LogP) is 2.96. The van der Waals surface area contributed by atoms with Gasteiger partial charge in [0.25, 0.3) is 0 Å². The minimum atomic E-state index is -4.37. The van der Waals surface area contributed by atoms with E-state index < -0.39 is 12.8 Å². The third-order valence-corrected chi connectivity index (χ3v) is 5.27. The van der Waals surface area contributed by atoms with Crippen molar-refractivity contribution in [1.82, 2.24) is 30.0 Å². The van der Waals surface area contributed by atoms with Crippen LogP contribution in [0.1, 0.15) is 18.2 Å². The second-order valence-electron chi connectivity index (χ2n) is 8.19. The SMILES string of the molecule is Cc1ccnc(Nc2nc(N3CCN[C@@H](C)C3)nc3c(C)nn(CCOCC(F)(F)F)c23)c1. The summed E-state index contributed by atoms with van der Waals surface area (Å²) in [5, 5.41) is 11.2. The number of halogens is 3.